The van der Waals surface area contributed by atoms with Gasteiger partial charge in [-0.2, -0.15) is 13.2 Å². The van der Waals surface area contributed by atoms with Gasteiger partial charge >= 0.3 is 12.1 Å². The van der Waals surface area contributed by atoms with Gasteiger partial charge in [0.1, 0.15) is 5.82 Å². The number of halogens is 4. The molecule has 3 aromatic rings. The van der Waals surface area contributed by atoms with Gasteiger partial charge in [0.2, 0.25) is 5.91 Å². The van der Waals surface area contributed by atoms with E-state index in [0.717, 1.165) is 66.0 Å². The van der Waals surface area contributed by atoms with E-state index in [1.54, 1.807) is 12.1 Å². The van der Waals surface area contributed by atoms with Gasteiger partial charge in [-0.1, -0.05) is 12.1 Å². The quantitative estimate of drug-likeness (QED) is 0.267. The second-order valence-corrected chi connectivity index (χ2v) is 10.8. The highest BCUT2D eigenvalue weighted by molar-refractivity contribution is 7.17. The van der Waals surface area contributed by atoms with Crippen LogP contribution in [-0.2, 0) is 27.2 Å². The Hall–Kier alpha value is -3.18. The van der Waals surface area contributed by atoms with E-state index in [1.807, 2.05) is 29.6 Å². The number of piperazine rings is 1. The summed E-state index contributed by atoms with van der Waals surface area (Å²) in [7, 11) is 0. The van der Waals surface area contributed by atoms with Crippen molar-refractivity contribution in [2.75, 3.05) is 49.3 Å². The molecule has 2 aliphatic heterocycles. The molecule has 39 heavy (non-hydrogen) atoms. The van der Waals surface area contributed by atoms with Crippen LogP contribution < -0.4 is 9.80 Å². The maximum atomic E-state index is 14.1. The van der Waals surface area contributed by atoms with Gasteiger partial charge in [0.25, 0.3) is 0 Å². The third-order valence-corrected chi connectivity index (χ3v) is 8.13. The number of hydrogen-bond acceptors (Lipinski definition) is 6. The summed E-state index contributed by atoms with van der Waals surface area (Å²) in [6.45, 7) is 3.67. The second kappa shape index (κ2) is 11.5. The van der Waals surface area contributed by atoms with E-state index < -0.39 is 31.7 Å². The number of esters is 1. The number of rotatable bonds is 8. The summed E-state index contributed by atoms with van der Waals surface area (Å²) in [6, 6.07) is 11.1. The first-order valence-electron chi connectivity index (χ1n) is 12.9. The molecule has 208 valence electrons. The first kappa shape index (κ1) is 27.4. The van der Waals surface area contributed by atoms with Crippen LogP contribution in [0.2, 0.25) is 0 Å². The second-order valence-electron chi connectivity index (χ2n) is 9.88. The van der Waals surface area contributed by atoms with Crippen molar-refractivity contribution in [3.8, 4) is 0 Å². The maximum absolute atomic E-state index is 14.1. The standard InChI is InChI=1S/C28H29F4N3O3S/c29-21-16-24(22-7-14-39-25(22)17-21)34-12-10-33(11-13-34)9-6-19-1-2-20-3-4-26(36)35(23(20)15-19)18-38-27(37)5-8-28(30,31)32/h1-2,7,14-17H,3-6,8-13,18H2. The fraction of sp³-hybridized carbons (Fsp3) is 0.429. The molecule has 0 spiro atoms. The van der Waals surface area contributed by atoms with Crippen LogP contribution in [0.1, 0.15) is 30.4 Å². The molecule has 0 N–H and O–H groups in total. The van der Waals surface area contributed by atoms with E-state index in [2.05, 4.69) is 9.80 Å². The Morgan fingerprint density at radius 3 is 2.56 bits per heavy atom. The fourth-order valence-corrected chi connectivity index (χ4v) is 5.94. The van der Waals surface area contributed by atoms with Crippen molar-refractivity contribution in [2.45, 2.75) is 38.3 Å². The van der Waals surface area contributed by atoms with Crippen LogP contribution >= 0.6 is 11.3 Å². The Balaban J connectivity index is 1.17. The monoisotopic (exact) mass is 563 g/mol. The molecule has 0 atom stereocenters. The summed E-state index contributed by atoms with van der Waals surface area (Å²) >= 11 is 1.54. The molecule has 1 aromatic heterocycles. The van der Waals surface area contributed by atoms with Crippen molar-refractivity contribution in [3.05, 3.63) is 58.7 Å². The number of amides is 1. The van der Waals surface area contributed by atoms with E-state index >= 15 is 0 Å². The van der Waals surface area contributed by atoms with Crippen LogP contribution in [0.15, 0.2) is 41.8 Å². The lowest BCUT2D eigenvalue weighted by Gasteiger charge is -2.36. The van der Waals surface area contributed by atoms with Crippen molar-refractivity contribution in [1.29, 1.82) is 0 Å². The highest BCUT2D eigenvalue weighted by atomic mass is 32.1. The molecule has 1 fully saturated rings. The van der Waals surface area contributed by atoms with E-state index in [0.29, 0.717) is 12.1 Å². The Kier molecular flexibility index (Phi) is 8.08. The van der Waals surface area contributed by atoms with E-state index in [1.165, 1.54) is 16.2 Å². The van der Waals surface area contributed by atoms with Gasteiger partial charge in [-0.15, -0.1) is 11.3 Å². The number of hydrogen-bond donors (Lipinski definition) is 0. The predicted molar refractivity (Wildman–Crippen MR) is 143 cm³/mol. The van der Waals surface area contributed by atoms with Gasteiger partial charge in [0.15, 0.2) is 6.73 Å². The third kappa shape index (κ3) is 6.70. The zero-order valence-corrected chi connectivity index (χ0v) is 22.1. The molecular weight excluding hydrogens is 534 g/mol. The lowest BCUT2D eigenvalue weighted by atomic mass is 9.98. The zero-order valence-electron chi connectivity index (χ0n) is 21.3. The highest BCUT2D eigenvalue weighted by Crippen LogP contribution is 2.33. The number of ether oxygens (including phenoxy) is 1. The molecule has 6 nitrogen and oxygen atoms in total. The van der Waals surface area contributed by atoms with Crippen LogP contribution in [-0.4, -0.2) is 62.4 Å². The Morgan fingerprint density at radius 2 is 1.79 bits per heavy atom. The molecule has 1 amide bonds. The Bertz CT molecular complexity index is 1350. The molecule has 0 bridgehead atoms. The molecule has 2 aromatic carbocycles. The van der Waals surface area contributed by atoms with Crippen molar-refractivity contribution in [3.63, 3.8) is 0 Å². The largest absolute Gasteiger partial charge is 0.444 e. The first-order valence-corrected chi connectivity index (χ1v) is 13.8. The number of alkyl halides is 3. The minimum atomic E-state index is -4.44. The number of anilines is 2. The van der Waals surface area contributed by atoms with Gasteiger partial charge < -0.3 is 9.64 Å². The molecule has 0 unspecified atom stereocenters. The van der Waals surface area contributed by atoms with Crippen molar-refractivity contribution in [1.82, 2.24) is 4.90 Å². The molecule has 0 radical (unpaired) electrons. The zero-order chi connectivity index (χ0) is 27.6. The van der Waals surface area contributed by atoms with Crippen LogP contribution in [0.5, 0.6) is 0 Å². The van der Waals surface area contributed by atoms with E-state index in [4.69, 9.17) is 4.74 Å². The van der Waals surface area contributed by atoms with Gasteiger partial charge in [-0.05, 0) is 53.6 Å². The smallest absolute Gasteiger partial charge is 0.389 e. The van der Waals surface area contributed by atoms with Crippen LogP contribution in [0.4, 0.5) is 28.9 Å². The average Bonchev–Trinajstić information content (AvgIpc) is 3.38. The number of benzene rings is 2. The van der Waals surface area contributed by atoms with Crippen LogP contribution in [0.25, 0.3) is 10.1 Å². The molecule has 5 rings (SSSR count). The molecule has 11 heteroatoms. The number of aryl methyl sites for hydroxylation is 1. The predicted octanol–water partition coefficient (Wildman–Crippen LogP) is 5.53. The van der Waals surface area contributed by atoms with Crippen molar-refractivity contribution >= 4 is 44.7 Å². The molecule has 2 aliphatic rings. The molecule has 1 saturated heterocycles. The number of fused-ring (bicyclic) bond motifs is 2. The minimum absolute atomic E-state index is 0.224. The van der Waals surface area contributed by atoms with Gasteiger partial charge in [0, 0.05) is 54.9 Å². The summed E-state index contributed by atoms with van der Waals surface area (Å²) in [5.74, 6) is -1.43. The van der Waals surface area contributed by atoms with Gasteiger partial charge in [0.05, 0.1) is 18.5 Å². The summed E-state index contributed by atoms with van der Waals surface area (Å²) in [5.41, 5.74) is 3.53. The first-order chi connectivity index (χ1) is 18.7. The van der Waals surface area contributed by atoms with E-state index in [9.17, 15) is 27.2 Å². The fourth-order valence-electron chi connectivity index (χ4n) is 5.11. The SMILES string of the molecule is O=C(CCC(F)(F)F)OCN1C(=O)CCc2ccc(CCN3CCN(c4cc(F)cc5sccc45)CC3)cc21. The van der Waals surface area contributed by atoms with Crippen molar-refractivity contribution in [2.24, 2.45) is 0 Å². The maximum Gasteiger partial charge on any atom is 0.389 e. The lowest BCUT2D eigenvalue weighted by molar-refractivity contribution is -0.157. The average molecular weight is 564 g/mol. The topological polar surface area (TPSA) is 53.1 Å². The number of nitrogens with zero attached hydrogens (tertiary/aromatic N) is 3. The molecule has 0 aliphatic carbocycles. The Morgan fingerprint density at radius 1 is 1.00 bits per heavy atom. The number of carbonyl (C=O) groups is 2. The number of thiophene rings is 1. The summed E-state index contributed by atoms with van der Waals surface area (Å²) < 4.78 is 57.2. The normalized spacial score (nSPS) is 16.6. The Labute approximate surface area is 227 Å². The number of carbonyl (C=O) groups excluding carboxylic acids is 2. The van der Waals surface area contributed by atoms with Gasteiger partial charge in [-0.25, -0.2) is 4.39 Å². The molecule has 3 heterocycles. The summed E-state index contributed by atoms with van der Waals surface area (Å²) in [4.78, 5) is 30.3. The van der Waals surface area contributed by atoms with Crippen LogP contribution in [0, 0.1) is 5.82 Å². The molecular formula is C28H29F4N3O3S. The summed E-state index contributed by atoms with van der Waals surface area (Å²) in [5, 5.41) is 3.06. The van der Waals surface area contributed by atoms with E-state index in [-0.39, 0.29) is 18.1 Å². The molecule has 0 saturated carbocycles. The highest BCUT2D eigenvalue weighted by Gasteiger charge is 2.30. The van der Waals surface area contributed by atoms with Crippen LogP contribution in [0.3, 0.4) is 0 Å². The van der Waals surface area contributed by atoms with Gasteiger partial charge in [-0.3, -0.25) is 19.4 Å². The minimum Gasteiger partial charge on any atom is -0.444 e. The summed E-state index contributed by atoms with van der Waals surface area (Å²) in [6.07, 6.45) is -4.91. The van der Waals surface area contributed by atoms with Crippen molar-refractivity contribution < 1.29 is 31.9 Å². The lowest BCUT2D eigenvalue weighted by Crippen LogP contribution is -2.47. The third-order valence-electron chi connectivity index (χ3n) is 7.26.